The van der Waals surface area contributed by atoms with Crippen LogP contribution in [0.1, 0.15) is 18.2 Å². The minimum atomic E-state index is 0.628. The lowest BCUT2D eigenvalue weighted by Gasteiger charge is -2.00. The fourth-order valence-electron chi connectivity index (χ4n) is 1.25. The number of ether oxygens (including phenoxy) is 1. The van der Waals surface area contributed by atoms with E-state index in [1.807, 2.05) is 0 Å². The molecule has 0 aliphatic rings. The molecule has 0 amide bonds. The molecule has 0 atom stereocenters. The predicted octanol–water partition coefficient (Wildman–Crippen LogP) is 0.482. The second kappa shape index (κ2) is 4.11. The lowest BCUT2D eigenvalue weighted by Crippen LogP contribution is -2.05. The normalized spacial score (nSPS) is 10.2. The zero-order chi connectivity index (χ0) is 8.97. The lowest BCUT2D eigenvalue weighted by molar-refractivity contribution is 0.392. The van der Waals surface area contributed by atoms with E-state index in [9.17, 15) is 0 Å². The molecule has 3 N–H and O–H groups in total. The Labute approximate surface area is 72.1 Å². The maximum absolute atomic E-state index is 5.47. The average Bonchev–Trinajstić information content (AvgIpc) is 2.48. The molecule has 4 nitrogen and oxygen atoms in total. The largest absolute Gasteiger partial charge is 0.480 e. The number of H-pyrrole nitrogens is 1. The van der Waals surface area contributed by atoms with Crippen molar-refractivity contribution in [2.24, 2.45) is 5.73 Å². The second-order valence-corrected chi connectivity index (χ2v) is 2.58. The van der Waals surface area contributed by atoms with Gasteiger partial charge in [0.1, 0.15) is 0 Å². The molecular formula is C8H15N3O. The Balaban J connectivity index is 2.90. The van der Waals surface area contributed by atoms with Crippen LogP contribution >= 0.6 is 0 Å². The first-order valence-corrected chi connectivity index (χ1v) is 4.13. The van der Waals surface area contributed by atoms with Crippen LogP contribution in [-0.2, 0) is 12.8 Å². The summed E-state index contributed by atoms with van der Waals surface area (Å²) in [5, 5.41) is 6.95. The first-order valence-electron chi connectivity index (χ1n) is 4.13. The highest BCUT2D eigenvalue weighted by atomic mass is 16.5. The quantitative estimate of drug-likeness (QED) is 0.689. The summed E-state index contributed by atoms with van der Waals surface area (Å²) in [7, 11) is 1.62. The van der Waals surface area contributed by atoms with Crippen LogP contribution in [0.2, 0.25) is 0 Å². The summed E-state index contributed by atoms with van der Waals surface area (Å²) in [5.74, 6) is 0.678. The van der Waals surface area contributed by atoms with Crippen molar-refractivity contribution >= 4 is 0 Å². The molecule has 0 fully saturated rings. The molecule has 68 valence electrons. The monoisotopic (exact) mass is 169 g/mol. The molecule has 4 heteroatoms. The molecule has 0 spiro atoms. The Bertz CT molecular complexity index is 223. The van der Waals surface area contributed by atoms with Crippen LogP contribution in [-0.4, -0.2) is 23.9 Å². The van der Waals surface area contributed by atoms with Crippen molar-refractivity contribution in [2.75, 3.05) is 13.7 Å². The Kier molecular flexibility index (Phi) is 3.10. The second-order valence-electron chi connectivity index (χ2n) is 2.58. The third-order valence-corrected chi connectivity index (χ3v) is 1.86. The van der Waals surface area contributed by atoms with Gasteiger partial charge in [0.05, 0.1) is 7.11 Å². The van der Waals surface area contributed by atoms with Gasteiger partial charge in [0.2, 0.25) is 5.88 Å². The molecule has 1 heterocycles. The molecule has 1 aromatic rings. The highest BCUT2D eigenvalue weighted by molar-refractivity contribution is 5.30. The molecule has 1 rings (SSSR count). The van der Waals surface area contributed by atoms with Crippen LogP contribution < -0.4 is 10.5 Å². The Morgan fingerprint density at radius 1 is 1.58 bits per heavy atom. The topological polar surface area (TPSA) is 63.9 Å². The average molecular weight is 169 g/mol. The van der Waals surface area contributed by atoms with E-state index < -0.39 is 0 Å². The Hall–Kier alpha value is -1.03. The van der Waals surface area contributed by atoms with Crippen molar-refractivity contribution in [1.82, 2.24) is 10.2 Å². The number of nitrogens with one attached hydrogen (secondary N) is 1. The van der Waals surface area contributed by atoms with Crippen LogP contribution in [0.5, 0.6) is 5.88 Å². The number of aromatic amines is 1. The van der Waals surface area contributed by atoms with E-state index in [4.69, 9.17) is 10.5 Å². The molecule has 0 unspecified atom stereocenters. The van der Waals surface area contributed by atoms with E-state index >= 15 is 0 Å². The molecule has 0 aromatic carbocycles. The van der Waals surface area contributed by atoms with E-state index in [-0.39, 0.29) is 0 Å². The molecule has 0 bridgehead atoms. The van der Waals surface area contributed by atoms with E-state index in [0.29, 0.717) is 12.4 Å². The van der Waals surface area contributed by atoms with E-state index in [0.717, 1.165) is 24.1 Å². The summed E-state index contributed by atoms with van der Waals surface area (Å²) in [6.45, 7) is 2.70. The number of methoxy groups -OCH3 is 1. The summed E-state index contributed by atoms with van der Waals surface area (Å²) in [4.78, 5) is 0. The standard InChI is InChI=1S/C8H15N3O/c1-3-7-6(4-5-9)8(12-2)11-10-7/h3-5,9H2,1-2H3,(H,10,11). The molecule has 0 saturated carbocycles. The Morgan fingerprint density at radius 2 is 2.33 bits per heavy atom. The first kappa shape index (κ1) is 9.06. The number of nitrogens with zero attached hydrogens (tertiary/aromatic N) is 1. The maximum atomic E-state index is 5.47. The van der Waals surface area contributed by atoms with Crippen LogP contribution in [0.3, 0.4) is 0 Å². The molecule has 1 aromatic heterocycles. The number of hydrogen-bond acceptors (Lipinski definition) is 3. The molecule has 12 heavy (non-hydrogen) atoms. The molecular weight excluding hydrogens is 154 g/mol. The molecule has 0 saturated heterocycles. The summed E-state index contributed by atoms with van der Waals surface area (Å²) in [5.41, 5.74) is 7.71. The highest BCUT2D eigenvalue weighted by Gasteiger charge is 2.10. The van der Waals surface area contributed by atoms with Crippen molar-refractivity contribution in [1.29, 1.82) is 0 Å². The number of nitrogens with two attached hydrogens (primary N) is 1. The van der Waals surface area contributed by atoms with E-state index in [1.54, 1.807) is 7.11 Å². The van der Waals surface area contributed by atoms with Gasteiger partial charge in [0.15, 0.2) is 0 Å². The lowest BCUT2D eigenvalue weighted by atomic mass is 10.1. The van der Waals surface area contributed by atoms with Crippen molar-refractivity contribution in [3.63, 3.8) is 0 Å². The van der Waals surface area contributed by atoms with Crippen LogP contribution in [0.15, 0.2) is 0 Å². The molecule has 0 aliphatic carbocycles. The fraction of sp³-hybridized carbons (Fsp3) is 0.625. The fourth-order valence-corrected chi connectivity index (χ4v) is 1.25. The van der Waals surface area contributed by atoms with Crippen LogP contribution in [0.4, 0.5) is 0 Å². The van der Waals surface area contributed by atoms with Crippen molar-refractivity contribution in [3.8, 4) is 5.88 Å². The maximum Gasteiger partial charge on any atom is 0.235 e. The van der Waals surface area contributed by atoms with Crippen molar-refractivity contribution < 1.29 is 4.74 Å². The molecule has 0 radical (unpaired) electrons. The van der Waals surface area contributed by atoms with E-state index in [1.165, 1.54) is 0 Å². The smallest absolute Gasteiger partial charge is 0.235 e. The van der Waals surface area contributed by atoms with Gasteiger partial charge in [-0.2, -0.15) is 0 Å². The minimum Gasteiger partial charge on any atom is -0.480 e. The summed E-state index contributed by atoms with van der Waals surface area (Å²) < 4.78 is 5.08. The zero-order valence-electron chi connectivity index (χ0n) is 7.55. The van der Waals surface area contributed by atoms with Crippen molar-refractivity contribution in [2.45, 2.75) is 19.8 Å². The zero-order valence-corrected chi connectivity index (χ0v) is 7.55. The summed E-state index contributed by atoms with van der Waals surface area (Å²) in [6, 6.07) is 0. The number of hydrogen-bond donors (Lipinski definition) is 2. The van der Waals surface area contributed by atoms with Gasteiger partial charge in [-0.3, -0.25) is 5.10 Å². The summed E-state index contributed by atoms with van der Waals surface area (Å²) >= 11 is 0. The van der Waals surface area contributed by atoms with Gasteiger partial charge in [0, 0.05) is 11.3 Å². The van der Waals surface area contributed by atoms with Crippen LogP contribution in [0.25, 0.3) is 0 Å². The van der Waals surface area contributed by atoms with Crippen LogP contribution in [0, 0.1) is 0 Å². The Morgan fingerprint density at radius 3 is 2.83 bits per heavy atom. The van der Waals surface area contributed by atoms with E-state index in [2.05, 4.69) is 17.1 Å². The summed E-state index contributed by atoms with van der Waals surface area (Å²) in [6.07, 6.45) is 1.76. The van der Waals surface area contributed by atoms with Gasteiger partial charge in [-0.25, -0.2) is 0 Å². The van der Waals surface area contributed by atoms with Gasteiger partial charge in [-0.15, -0.1) is 5.10 Å². The van der Waals surface area contributed by atoms with Gasteiger partial charge in [0.25, 0.3) is 0 Å². The third-order valence-electron chi connectivity index (χ3n) is 1.86. The number of rotatable bonds is 4. The number of aryl methyl sites for hydroxylation is 1. The van der Waals surface area contributed by atoms with Gasteiger partial charge in [-0.05, 0) is 19.4 Å². The van der Waals surface area contributed by atoms with Gasteiger partial charge >= 0.3 is 0 Å². The van der Waals surface area contributed by atoms with Crippen molar-refractivity contribution in [3.05, 3.63) is 11.3 Å². The first-order chi connectivity index (χ1) is 5.83. The van der Waals surface area contributed by atoms with Gasteiger partial charge in [-0.1, -0.05) is 6.92 Å². The number of aromatic nitrogens is 2. The molecule has 0 aliphatic heterocycles. The predicted molar refractivity (Wildman–Crippen MR) is 47.3 cm³/mol. The van der Waals surface area contributed by atoms with Gasteiger partial charge < -0.3 is 10.5 Å². The highest BCUT2D eigenvalue weighted by Crippen LogP contribution is 2.18. The minimum absolute atomic E-state index is 0.628. The third kappa shape index (κ3) is 1.58. The SMILES string of the molecule is CCc1[nH]nc(OC)c1CCN.